The number of hydrogen-bond donors (Lipinski definition) is 1. The molecule has 0 amide bonds. The van der Waals surface area contributed by atoms with Crippen molar-refractivity contribution in [3.63, 3.8) is 0 Å². The summed E-state index contributed by atoms with van der Waals surface area (Å²) < 4.78 is 2.25. The molecule has 0 bridgehead atoms. The van der Waals surface area contributed by atoms with Crippen molar-refractivity contribution >= 4 is 22.9 Å². The van der Waals surface area contributed by atoms with Crippen LogP contribution in [-0.4, -0.2) is 112 Å². The molecule has 9 nitrogen and oxygen atoms in total. The Balaban J connectivity index is 1.35. The molecule has 188 valence electrons. The third kappa shape index (κ3) is 5.47. The second-order valence-electron chi connectivity index (χ2n) is 10.7. The van der Waals surface area contributed by atoms with Gasteiger partial charge in [0.25, 0.3) is 0 Å². The molecule has 5 rings (SSSR count). The van der Waals surface area contributed by atoms with Crippen molar-refractivity contribution in [3.05, 3.63) is 6.33 Å². The molecule has 5 heterocycles. The highest BCUT2D eigenvalue weighted by molar-refractivity contribution is 5.84. The Bertz CT molecular complexity index is 920. The number of likely N-dealkylation sites (N-methyl/N-ethyl adjacent to an activating group) is 1. The Morgan fingerprint density at radius 3 is 2.38 bits per heavy atom. The summed E-state index contributed by atoms with van der Waals surface area (Å²) in [5.41, 5.74) is 1.90. The predicted octanol–water partition coefficient (Wildman–Crippen LogP) is 2.35. The number of piperidine rings is 1. The maximum Gasteiger partial charge on any atom is 0.229 e. The van der Waals surface area contributed by atoms with Crippen LogP contribution in [0.3, 0.4) is 0 Å². The monoisotopic (exact) mass is 469 g/mol. The Morgan fingerprint density at radius 1 is 0.941 bits per heavy atom. The van der Waals surface area contributed by atoms with E-state index >= 15 is 0 Å². The van der Waals surface area contributed by atoms with Gasteiger partial charge in [-0.25, -0.2) is 4.98 Å². The predicted molar refractivity (Wildman–Crippen MR) is 139 cm³/mol. The van der Waals surface area contributed by atoms with Gasteiger partial charge in [-0.05, 0) is 72.6 Å². The first kappa shape index (κ1) is 23.8. The van der Waals surface area contributed by atoms with E-state index in [1.165, 1.54) is 25.9 Å². The van der Waals surface area contributed by atoms with Crippen LogP contribution in [0.25, 0.3) is 11.2 Å². The minimum atomic E-state index is 0.439. The lowest BCUT2D eigenvalue weighted by Gasteiger charge is -2.35. The minimum absolute atomic E-state index is 0.439. The van der Waals surface area contributed by atoms with Crippen LogP contribution in [0.2, 0.25) is 0 Å². The summed E-state index contributed by atoms with van der Waals surface area (Å²) in [6.45, 7) is 15.5. The number of fused-ring (bicyclic) bond motifs is 1. The molecule has 0 saturated carbocycles. The zero-order valence-electron chi connectivity index (χ0n) is 21.4. The summed E-state index contributed by atoms with van der Waals surface area (Å²) >= 11 is 0. The Hall–Kier alpha value is -1.97. The van der Waals surface area contributed by atoms with Crippen LogP contribution in [0.1, 0.15) is 46.0 Å². The van der Waals surface area contributed by atoms with E-state index in [0.717, 1.165) is 94.6 Å². The summed E-state index contributed by atoms with van der Waals surface area (Å²) in [4.78, 5) is 24.8. The van der Waals surface area contributed by atoms with E-state index in [1.807, 2.05) is 6.33 Å². The van der Waals surface area contributed by atoms with Crippen molar-refractivity contribution < 1.29 is 0 Å². The molecule has 2 aromatic heterocycles. The van der Waals surface area contributed by atoms with Crippen LogP contribution >= 0.6 is 0 Å². The fourth-order valence-corrected chi connectivity index (χ4v) is 5.57. The van der Waals surface area contributed by atoms with Crippen LogP contribution in [0.4, 0.5) is 11.8 Å². The number of rotatable bonds is 8. The maximum atomic E-state index is 5.06. The van der Waals surface area contributed by atoms with E-state index in [2.05, 4.69) is 50.4 Å². The largest absolute Gasteiger partial charge is 0.365 e. The quantitative estimate of drug-likeness (QED) is 0.632. The maximum absolute atomic E-state index is 5.06. The Labute approximate surface area is 204 Å². The fraction of sp³-hybridized carbons (Fsp3) is 0.800. The second-order valence-corrected chi connectivity index (χ2v) is 10.7. The van der Waals surface area contributed by atoms with E-state index in [4.69, 9.17) is 15.0 Å². The summed E-state index contributed by atoms with van der Waals surface area (Å²) in [6.07, 6.45) is 8.09. The summed E-state index contributed by atoms with van der Waals surface area (Å²) in [5.74, 6) is 1.77. The number of aromatic nitrogens is 4. The number of hydrogen-bond acceptors (Lipinski definition) is 8. The standard InChI is InChI=1S/C25H43N9/c1-20(2)32-13-7-21(8-14-32)27-23-22-24(29-25(28-23)33-17-15-30(3)16-18-33)34(19-26-22)12-6-11-31-9-4-5-10-31/h19-21H,4-18H2,1-3H3,(H,27,28,29). The van der Waals surface area contributed by atoms with Crippen molar-refractivity contribution in [2.45, 2.75) is 64.6 Å². The van der Waals surface area contributed by atoms with Gasteiger partial charge >= 0.3 is 0 Å². The molecule has 0 spiro atoms. The van der Waals surface area contributed by atoms with E-state index in [9.17, 15) is 0 Å². The molecular formula is C25H43N9. The Kier molecular flexibility index (Phi) is 7.51. The van der Waals surface area contributed by atoms with Crippen molar-refractivity contribution in [1.82, 2.24) is 34.2 Å². The smallest absolute Gasteiger partial charge is 0.229 e. The van der Waals surface area contributed by atoms with Crippen LogP contribution in [0.15, 0.2) is 6.33 Å². The van der Waals surface area contributed by atoms with Gasteiger partial charge in [0, 0.05) is 57.9 Å². The fourth-order valence-electron chi connectivity index (χ4n) is 5.57. The van der Waals surface area contributed by atoms with Crippen molar-refractivity contribution in [2.75, 3.05) is 76.2 Å². The zero-order valence-corrected chi connectivity index (χ0v) is 21.4. The van der Waals surface area contributed by atoms with E-state index < -0.39 is 0 Å². The SMILES string of the molecule is CC(C)N1CCC(Nc2nc(N3CCN(C)CC3)nc3c2ncn3CCCN2CCCC2)CC1. The van der Waals surface area contributed by atoms with Gasteiger partial charge in [-0.1, -0.05) is 0 Å². The number of nitrogens with zero attached hydrogens (tertiary/aromatic N) is 8. The molecule has 0 unspecified atom stereocenters. The van der Waals surface area contributed by atoms with Gasteiger partial charge in [0.1, 0.15) is 0 Å². The van der Waals surface area contributed by atoms with Gasteiger partial charge in [0.15, 0.2) is 17.0 Å². The number of aryl methyl sites for hydroxylation is 1. The van der Waals surface area contributed by atoms with Crippen LogP contribution < -0.4 is 10.2 Å². The van der Waals surface area contributed by atoms with E-state index in [-0.39, 0.29) is 0 Å². The first-order valence-corrected chi connectivity index (χ1v) is 13.5. The summed E-state index contributed by atoms with van der Waals surface area (Å²) in [7, 11) is 2.19. The highest BCUT2D eigenvalue weighted by atomic mass is 15.3. The zero-order chi connectivity index (χ0) is 23.5. The van der Waals surface area contributed by atoms with Gasteiger partial charge in [-0.2, -0.15) is 9.97 Å². The Morgan fingerprint density at radius 2 is 1.68 bits per heavy atom. The first-order chi connectivity index (χ1) is 16.6. The van der Waals surface area contributed by atoms with Crippen molar-refractivity contribution in [1.29, 1.82) is 0 Å². The molecule has 3 fully saturated rings. The molecular weight excluding hydrogens is 426 g/mol. The van der Waals surface area contributed by atoms with Gasteiger partial charge in [0.2, 0.25) is 5.95 Å². The number of likely N-dealkylation sites (tertiary alicyclic amines) is 2. The van der Waals surface area contributed by atoms with Crippen LogP contribution in [0, 0.1) is 0 Å². The van der Waals surface area contributed by atoms with Crippen molar-refractivity contribution in [3.8, 4) is 0 Å². The van der Waals surface area contributed by atoms with Crippen LogP contribution in [0.5, 0.6) is 0 Å². The average Bonchev–Trinajstić information content (AvgIpc) is 3.50. The van der Waals surface area contributed by atoms with E-state index in [1.54, 1.807) is 0 Å². The molecule has 3 aliphatic rings. The third-order valence-electron chi connectivity index (χ3n) is 7.91. The molecule has 0 radical (unpaired) electrons. The average molecular weight is 470 g/mol. The molecule has 9 heteroatoms. The molecule has 0 atom stereocenters. The molecule has 1 N–H and O–H groups in total. The number of piperazine rings is 1. The third-order valence-corrected chi connectivity index (χ3v) is 7.91. The number of nitrogens with one attached hydrogen (secondary N) is 1. The highest BCUT2D eigenvalue weighted by Gasteiger charge is 2.25. The number of imidazole rings is 1. The van der Waals surface area contributed by atoms with Crippen molar-refractivity contribution in [2.24, 2.45) is 0 Å². The topological polar surface area (TPSA) is 68.6 Å². The van der Waals surface area contributed by atoms with Gasteiger partial charge < -0.3 is 29.5 Å². The molecule has 0 aromatic carbocycles. The summed E-state index contributed by atoms with van der Waals surface area (Å²) in [5, 5.41) is 3.79. The highest BCUT2D eigenvalue weighted by Crippen LogP contribution is 2.26. The lowest BCUT2D eigenvalue weighted by atomic mass is 10.0. The second kappa shape index (κ2) is 10.7. The van der Waals surface area contributed by atoms with E-state index in [0.29, 0.717) is 12.1 Å². The lowest BCUT2D eigenvalue weighted by Crippen LogP contribution is -2.45. The molecule has 34 heavy (non-hydrogen) atoms. The molecule has 2 aromatic rings. The molecule has 0 aliphatic carbocycles. The minimum Gasteiger partial charge on any atom is -0.365 e. The van der Waals surface area contributed by atoms with Gasteiger partial charge in [-0.3, -0.25) is 0 Å². The number of anilines is 2. The first-order valence-electron chi connectivity index (χ1n) is 13.5. The van der Waals surface area contributed by atoms with Gasteiger partial charge in [0.05, 0.1) is 6.33 Å². The van der Waals surface area contributed by atoms with Crippen LogP contribution in [-0.2, 0) is 6.54 Å². The summed E-state index contributed by atoms with van der Waals surface area (Å²) in [6, 6.07) is 1.06. The molecule has 3 aliphatic heterocycles. The normalized spacial score (nSPS) is 21.8. The van der Waals surface area contributed by atoms with Gasteiger partial charge in [-0.15, -0.1) is 0 Å². The molecule has 3 saturated heterocycles. The lowest BCUT2D eigenvalue weighted by molar-refractivity contribution is 0.177.